The number of nitrogens with zero attached hydrogens (tertiary/aromatic N) is 3. The number of carbonyl (C=O) groups excluding carboxylic acids is 1. The molecule has 0 radical (unpaired) electrons. The molecule has 0 spiro atoms. The maximum Gasteiger partial charge on any atom is 0.261 e. The van der Waals surface area contributed by atoms with Crippen molar-refractivity contribution in [2.45, 2.75) is 6.54 Å². The van der Waals surface area contributed by atoms with Gasteiger partial charge in [0.2, 0.25) is 0 Å². The molecule has 2 heterocycles. The maximum atomic E-state index is 11.7. The quantitative estimate of drug-likeness (QED) is 0.936. The van der Waals surface area contributed by atoms with Crippen LogP contribution in [0.2, 0.25) is 0 Å². The van der Waals surface area contributed by atoms with Gasteiger partial charge < -0.3 is 9.88 Å². The van der Waals surface area contributed by atoms with E-state index in [0.717, 1.165) is 9.61 Å². The van der Waals surface area contributed by atoms with Crippen LogP contribution in [-0.2, 0) is 13.6 Å². The number of thiophene rings is 1. The summed E-state index contributed by atoms with van der Waals surface area (Å²) in [6, 6.07) is 3.63. The maximum absolute atomic E-state index is 11.7. The van der Waals surface area contributed by atoms with Crippen LogP contribution < -0.4 is 5.32 Å². The molecule has 2 rings (SSSR count). The second kappa shape index (κ2) is 4.75. The van der Waals surface area contributed by atoms with Gasteiger partial charge in [0.05, 0.1) is 15.2 Å². The molecule has 0 saturated carbocycles. The molecule has 2 aromatic rings. The Morgan fingerprint density at radius 2 is 2.44 bits per heavy atom. The number of rotatable bonds is 3. The van der Waals surface area contributed by atoms with Crippen LogP contribution in [0.3, 0.4) is 0 Å². The minimum atomic E-state index is -0.0984. The molecule has 84 valence electrons. The zero-order chi connectivity index (χ0) is 11.5. The normalized spacial score (nSPS) is 10.4. The van der Waals surface area contributed by atoms with E-state index in [1.54, 1.807) is 17.0 Å². The molecule has 0 saturated heterocycles. The van der Waals surface area contributed by atoms with E-state index in [4.69, 9.17) is 0 Å². The van der Waals surface area contributed by atoms with Crippen molar-refractivity contribution in [3.8, 4) is 0 Å². The lowest BCUT2D eigenvalue weighted by Crippen LogP contribution is -2.23. The first-order valence-electron chi connectivity index (χ1n) is 4.53. The zero-order valence-corrected chi connectivity index (χ0v) is 10.9. The zero-order valence-electron chi connectivity index (χ0n) is 8.48. The Hall–Kier alpha value is -1.21. The smallest absolute Gasteiger partial charge is 0.261 e. The topological polar surface area (TPSA) is 59.8 Å². The Morgan fingerprint density at radius 3 is 3.00 bits per heavy atom. The summed E-state index contributed by atoms with van der Waals surface area (Å²) in [6.07, 6.45) is 1.60. The summed E-state index contributed by atoms with van der Waals surface area (Å²) in [6.45, 7) is 0.380. The average Bonchev–Trinajstić information content (AvgIpc) is 2.84. The number of aromatic nitrogens is 3. The predicted molar refractivity (Wildman–Crippen MR) is 64.2 cm³/mol. The van der Waals surface area contributed by atoms with Crippen molar-refractivity contribution in [3.63, 3.8) is 0 Å². The van der Waals surface area contributed by atoms with Crippen molar-refractivity contribution in [1.82, 2.24) is 20.1 Å². The number of carbonyl (C=O) groups is 1. The number of hydrogen-bond donors (Lipinski definition) is 1. The summed E-state index contributed by atoms with van der Waals surface area (Å²) in [5, 5.41) is 10.4. The van der Waals surface area contributed by atoms with E-state index >= 15 is 0 Å². The molecule has 16 heavy (non-hydrogen) atoms. The minimum absolute atomic E-state index is 0.0984. The van der Waals surface area contributed by atoms with Gasteiger partial charge in [-0.25, -0.2) is 0 Å². The fraction of sp³-hybridized carbons (Fsp3) is 0.222. The van der Waals surface area contributed by atoms with Crippen LogP contribution in [0.1, 0.15) is 15.5 Å². The van der Waals surface area contributed by atoms with E-state index in [0.29, 0.717) is 11.4 Å². The monoisotopic (exact) mass is 300 g/mol. The third-order valence-electron chi connectivity index (χ3n) is 2.01. The predicted octanol–water partition coefficient (Wildman–Crippen LogP) is 1.57. The lowest BCUT2D eigenvalue weighted by molar-refractivity contribution is 0.0953. The van der Waals surface area contributed by atoms with Gasteiger partial charge in [0.15, 0.2) is 5.82 Å². The molecule has 0 aromatic carbocycles. The Kier molecular flexibility index (Phi) is 3.35. The van der Waals surface area contributed by atoms with Crippen LogP contribution in [0.25, 0.3) is 0 Å². The Balaban J connectivity index is 1.96. The van der Waals surface area contributed by atoms with Crippen LogP contribution in [-0.4, -0.2) is 20.7 Å². The second-order valence-electron chi connectivity index (χ2n) is 3.14. The van der Waals surface area contributed by atoms with Gasteiger partial charge in [-0.15, -0.1) is 21.5 Å². The molecule has 5 nitrogen and oxygen atoms in total. The van der Waals surface area contributed by atoms with Gasteiger partial charge in [0.25, 0.3) is 5.91 Å². The van der Waals surface area contributed by atoms with Gasteiger partial charge >= 0.3 is 0 Å². The van der Waals surface area contributed by atoms with Crippen molar-refractivity contribution < 1.29 is 4.79 Å². The summed E-state index contributed by atoms with van der Waals surface area (Å²) in [5.74, 6) is 0.627. The van der Waals surface area contributed by atoms with E-state index in [-0.39, 0.29) is 5.91 Å². The molecular formula is C9H9BrN4OS. The Labute approximate surface area is 105 Å². The fourth-order valence-electron chi connectivity index (χ4n) is 1.15. The Morgan fingerprint density at radius 1 is 1.62 bits per heavy atom. The summed E-state index contributed by atoms with van der Waals surface area (Å²) in [4.78, 5) is 12.4. The minimum Gasteiger partial charge on any atom is -0.344 e. The first-order chi connectivity index (χ1) is 7.66. The second-order valence-corrected chi connectivity index (χ2v) is 5.61. The van der Waals surface area contributed by atoms with E-state index in [1.807, 2.05) is 13.1 Å². The molecule has 1 N–H and O–H groups in total. The van der Waals surface area contributed by atoms with E-state index in [1.165, 1.54) is 11.3 Å². The summed E-state index contributed by atoms with van der Waals surface area (Å²) >= 11 is 4.71. The molecule has 0 unspecified atom stereocenters. The highest BCUT2D eigenvalue weighted by Gasteiger charge is 2.09. The molecule has 0 bridgehead atoms. The lowest BCUT2D eigenvalue weighted by atomic mass is 10.4. The van der Waals surface area contributed by atoms with Crippen LogP contribution in [0, 0.1) is 0 Å². The van der Waals surface area contributed by atoms with E-state index < -0.39 is 0 Å². The summed E-state index contributed by atoms with van der Waals surface area (Å²) in [5.41, 5.74) is 0. The standard InChI is InChI=1S/C9H9BrN4OS/c1-14-5-12-13-8(14)4-11-9(15)6-2-3-7(10)16-6/h2-3,5H,4H2,1H3,(H,11,15). The van der Waals surface area contributed by atoms with Gasteiger partial charge in [0.1, 0.15) is 6.33 Å². The SMILES string of the molecule is Cn1cnnc1CNC(=O)c1ccc(Br)s1. The molecule has 0 fully saturated rings. The van der Waals surface area contributed by atoms with Crippen LogP contribution >= 0.6 is 27.3 Å². The molecule has 0 aliphatic heterocycles. The number of halogens is 1. The molecule has 0 atom stereocenters. The lowest BCUT2D eigenvalue weighted by Gasteiger charge is -2.02. The first-order valence-corrected chi connectivity index (χ1v) is 6.14. The molecule has 0 aliphatic rings. The molecule has 1 amide bonds. The Bertz CT molecular complexity index is 507. The summed E-state index contributed by atoms with van der Waals surface area (Å²) in [7, 11) is 1.84. The highest BCUT2D eigenvalue weighted by molar-refractivity contribution is 9.11. The van der Waals surface area contributed by atoms with Crippen LogP contribution in [0.5, 0.6) is 0 Å². The average molecular weight is 301 g/mol. The molecular weight excluding hydrogens is 292 g/mol. The summed E-state index contributed by atoms with van der Waals surface area (Å²) < 4.78 is 2.71. The third kappa shape index (κ3) is 2.48. The third-order valence-corrected chi connectivity index (χ3v) is 3.63. The molecule has 2 aromatic heterocycles. The van der Waals surface area contributed by atoms with Gasteiger partial charge in [-0.3, -0.25) is 4.79 Å². The number of hydrogen-bond acceptors (Lipinski definition) is 4. The van der Waals surface area contributed by atoms with Gasteiger partial charge in [-0.05, 0) is 28.1 Å². The van der Waals surface area contributed by atoms with E-state index in [9.17, 15) is 4.79 Å². The molecule has 7 heteroatoms. The van der Waals surface area contributed by atoms with Crippen molar-refractivity contribution in [2.75, 3.05) is 0 Å². The van der Waals surface area contributed by atoms with Crippen LogP contribution in [0.15, 0.2) is 22.2 Å². The van der Waals surface area contributed by atoms with Crippen LogP contribution in [0.4, 0.5) is 0 Å². The van der Waals surface area contributed by atoms with Crippen molar-refractivity contribution in [3.05, 3.63) is 32.9 Å². The molecule has 0 aliphatic carbocycles. The number of nitrogens with one attached hydrogen (secondary N) is 1. The van der Waals surface area contributed by atoms with Gasteiger partial charge in [-0.1, -0.05) is 0 Å². The van der Waals surface area contributed by atoms with E-state index in [2.05, 4.69) is 31.4 Å². The van der Waals surface area contributed by atoms with Crippen molar-refractivity contribution >= 4 is 33.2 Å². The largest absolute Gasteiger partial charge is 0.344 e. The van der Waals surface area contributed by atoms with Gasteiger partial charge in [-0.2, -0.15) is 0 Å². The highest BCUT2D eigenvalue weighted by Crippen LogP contribution is 2.21. The highest BCUT2D eigenvalue weighted by atomic mass is 79.9. The first kappa shape index (κ1) is 11.3. The van der Waals surface area contributed by atoms with Crippen molar-refractivity contribution in [1.29, 1.82) is 0 Å². The van der Waals surface area contributed by atoms with Crippen molar-refractivity contribution in [2.24, 2.45) is 7.05 Å². The number of aryl methyl sites for hydroxylation is 1. The number of amides is 1. The van der Waals surface area contributed by atoms with Gasteiger partial charge in [0, 0.05) is 7.05 Å². The fourth-order valence-corrected chi connectivity index (χ4v) is 2.45.